The minimum absolute atomic E-state index is 0.0543. The van der Waals surface area contributed by atoms with Crippen molar-refractivity contribution in [1.82, 2.24) is 5.16 Å². The molecule has 1 aliphatic carbocycles. The first-order chi connectivity index (χ1) is 12.2. The van der Waals surface area contributed by atoms with Crippen LogP contribution in [-0.4, -0.2) is 38.2 Å². The average molecular weight is 442 g/mol. The molecule has 0 N–H and O–H groups in total. The molecule has 26 heavy (non-hydrogen) atoms. The maximum atomic E-state index is 13.1. The monoisotopic (exact) mass is 441 g/mol. The van der Waals surface area contributed by atoms with Gasteiger partial charge in [0.05, 0.1) is 11.5 Å². The highest BCUT2D eigenvalue weighted by Gasteiger charge is 2.38. The van der Waals surface area contributed by atoms with Gasteiger partial charge >= 0.3 is 5.97 Å². The summed E-state index contributed by atoms with van der Waals surface area (Å²) in [4.78, 5) is 25.3. The van der Waals surface area contributed by atoms with Crippen LogP contribution >= 0.6 is 15.9 Å². The summed E-state index contributed by atoms with van der Waals surface area (Å²) in [6.45, 7) is 1.80. The highest BCUT2D eigenvalue weighted by atomic mass is 79.9. The molecule has 1 aromatic heterocycles. The minimum atomic E-state index is -3.41. The van der Waals surface area contributed by atoms with E-state index in [0.717, 1.165) is 19.1 Å². The minimum Gasteiger partial charge on any atom is -0.461 e. The fraction of sp³-hybridized carbons (Fsp3) is 0.353. The van der Waals surface area contributed by atoms with Crippen LogP contribution in [-0.2, 0) is 14.6 Å². The Kier molecular flexibility index (Phi) is 5.03. The number of nitrogens with zero attached hydrogens (tertiary/aromatic N) is 1. The fourth-order valence-electron chi connectivity index (χ4n) is 2.53. The Hall–Kier alpha value is -2.00. The van der Waals surface area contributed by atoms with Crippen LogP contribution in [0, 0.1) is 0 Å². The van der Waals surface area contributed by atoms with Crippen LogP contribution in [0.4, 0.5) is 0 Å². The van der Waals surface area contributed by atoms with Gasteiger partial charge in [-0.3, -0.25) is 4.79 Å². The number of ketones is 1. The van der Waals surface area contributed by atoms with E-state index in [1.54, 1.807) is 6.92 Å². The van der Waals surface area contributed by atoms with Gasteiger partial charge in [-0.25, -0.2) is 13.2 Å². The van der Waals surface area contributed by atoms with Crippen molar-refractivity contribution >= 4 is 37.5 Å². The number of esters is 1. The number of halogens is 1. The molecule has 1 aromatic carbocycles. The van der Waals surface area contributed by atoms with Crippen molar-refractivity contribution in [2.24, 2.45) is 0 Å². The summed E-state index contributed by atoms with van der Waals surface area (Å²) in [5.41, 5.74) is 0.143. The third-order valence-corrected chi connectivity index (χ3v) is 5.74. The molecule has 0 radical (unpaired) electrons. The number of hydrogen-bond acceptors (Lipinski definition) is 7. The zero-order valence-electron chi connectivity index (χ0n) is 14.1. The van der Waals surface area contributed by atoms with Gasteiger partial charge < -0.3 is 9.26 Å². The summed E-state index contributed by atoms with van der Waals surface area (Å²) in [5.74, 6) is -0.769. The first-order valence-electron chi connectivity index (χ1n) is 7.95. The smallest absolute Gasteiger partial charge is 0.361 e. The Morgan fingerprint density at radius 1 is 1.35 bits per heavy atom. The van der Waals surface area contributed by atoms with E-state index in [-0.39, 0.29) is 34.2 Å². The van der Waals surface area contributed by atoms with Gasteiger partial charge in [-0.2, -0.15) is 0 Å². The Balaban J connectivity index is 2.07. The molecular weight excluding hydrogens is 426 g/mol. The second kappa shape index (κ2) is 6.96. The molecule has 138 valence electrons. The van der Waals surface area contributed by atoms with Gasteiger partial charge in [0.15, 0.2) is 21.4 Å². The van der Waals surface area contributed by atoms with E-state index in [4.69, 9.17) is 9.26 Å². The third-order valence-electron chi connectivity index (χ3n) is 3.98. The second-order valence-electron chi connectivity index (χ2n) is 6.01. The van der Waals surface area contributed by atoms with Crippen LogP contribution in [0.5, 0.6) is 0 Å². The fourth-order valence-corrected chi connectivity index (χ4v) is 3.89. The third kappa shape index (κ3) is 3.59. The lowest BCUT2D eigenvalue weighted by Crippen LogP contribution is -2.13. The average Bonchev–Trinajstić information content (AvgIpc) is 3.31. The van der Waals surface area contributed by atoms with Crippen molar-refractivity contribution in [1.29, 1.82) is 0 Å². The maximum Gasteiger partial charge on any atom is 0.361 e. The Labute approximate surface area is 158 Å². The molecule has 0 spiro atoms. The molecule has 7 nitrogen and oxygen atoms in total. The maximum absolute atomic E-state index is 13.1. The predicted molar refractivity (Wildman–Crippen MR) is 95.1 cm³/mol. The van der Waals surface area contributed by atoms with E-state index in [1.807, 2.05) is 0 Å². The molecule has 1 aliphatic rings. The summed E-state index contributed by atoms with van der Waals surface area (Å²) in [5, 5.41) is 3.75. The number of aromatic nitrogens is 1. The van der Waals surface area contributed by atoms with Gasteiger partial charge in [0.25, 0.3) is 0 Å². The van der Waals surface area contributed by atoms with Crippen molar-refractivity contribution < 1.29 is 27.3 Å². The number of sulfone groups is 1. The van der Waals surface area contributed by atoms with Crippen molar-refractivity contribution in [3.63, 3.8) is 0 Å². The van der Waals surface area contributed by atoms with Gasteiger partial charge in [0.2, 0.25) is 5.69 Å². The van der Waals surface area contributed by atoms with Gasteiger partial charge in [-0.05, 0) is 53.9 Å². The molecule has 0 atom stereocenters. The van der Waals surface area contributed by atoms with E-state index in [0.29, 0.717) is 10.2 Å². The molecule has 1 heterocycles. The van der Waals surface area contributed by atoms with Crippen molar-refractivity contribution in [2.45, 2.75) is 30.6 Å². The molecule has 9 heteroatoms. The molecule has 0 amide bonds. The molecule has 0 aliphatic heterocycles. The normalized spacial score (nSPS) is 14.3. The second-order valence-corrected chi connectivity index (χ2v) is 8.88. The van der Waals surface area contributed by atoms with Crippen LogP contribution < -0.4 is 0 Å². The van der Waals surface area contributed by atoms with Crippen LogP contribution in [0.2, 0.25) is 0 Å². The molecule has 0 bridgehead atoms. The Bertz CT molecular complexity index is 991. The molecule has 2 aromatic rings. The van der Waals surface area contributed by atoms with Crippen LogP contribution in [0.15, 0.2) is 32.1 Å². The van der Waals surface area contributed by atoms with Gasteiger partial charge in [0.1, 0.15) is 5.56 Å². The topological polar surface area (TPSA) is 104 Å². The van der Waals surface area contributed by atoms with Crippen LogP contribution in [0.25, 0.3) is 0 Å². The zero-order chi connectivity index (χ0) is 19.1. The summed E-state index contributed by atoms with van der Waals surface area (Å²) in [6, 6.07) is 4.11. The first-order valence-corrected chi connectivity index (χ1v) is 10.6. The Morgan fingerprint density at radius 3 is 2.58 bits per heavy atom. The number of rotatable bonds is 6. The van der Waals surface area contributed by atoms with E-state index in [2.05, 4.69) is 21.1 Å². The number of hydrogen-bond donors (Lipinski definition) is 0. The summed E-state index contributed by atoms with van der Waals surface area (Å²) in [7, 11) is -3.41. The van der Waals surface area contributed by atoms with Gasteiger partial charge in [0, 0.05) is 22.2 Å². The molecular formula is C17H16BrNO6S. The van der Waals surface area contributed by atoms with E-state index >= 15 is 0 Å². The first kappa shape index (κ1) is 18.8. The number of carbonyl (C=O) groups is 2. The SMILES string of the molecule is CCOC(=O)c1noc(C2CC2)c1C(=O)c1ccc(S(C)(=O)=O)cc1Br. The predicted octanol–water partition coefficient (Wildman–Crippen LogP) is 3.13. The number of carbonyl (C=O) groups excluding carboxylic acids is 2. The van der Waals surface area contributed by atoms with Crippen molar-refractivity contribution in [3.05, 3.63) is 45.3 Å². The standard InChI is InChI=1S/C17H16BrNO6S/c1-3-24-17(21)14-13(16(25-19-14)9-4-5-9)15(20)11-7-6-10(8-12(11)18)26(2,22)23/h6-9H,3-5H2,1-2H3. The molecule has 1 saturated carbocycles. The lowest BCUT2D eigenvalue weighted by atomic mass is 9.99. The highest BCUT2D eigenvalue weighted by Crippen LogP contribution is 2.43. The molecule has 3 rings (SSSR count). The van der Waals surface area contributed by atoms with Crippen molar-refractivity contribution in [3.8, 4) is 0 Å². The van der Waals surface area contributed by atoms with Crippen molar-refractivity contribution in [2.75, 3.05) is 12.9 Å². The number of benzene rings is 1. The molecule has 1 fully saturated rings. The largest absolute Gasteiger partial charge is 0.461 e. The van der Waals surface area contributed by atoms with Crippen LogP contribution in [0.1, 0.15) is 57.9 Å². The lowest BCUT2D eigenvalue weighted by Gasteiger charge is -2.07. The zero-order valence-corrected chi connectivity index (χ0v) is 16.5. The molecule has 0 unspecified atom stereocenters. The van der Waals surface area contributed by atoms with E-state index < -0.39 is 21.6 Å². The summed E-state index contributed by atoms with van der Waals surface area (Å²) in [6.07, 6.45) is 2.79. The summed E-state index contributed by atoms with van der Waals surface area (Å²) < 4.78 is 33.9. The Morgan fingerprint density at radius 2 is 2.04 bits per heavy atom. The highest BCUT2D eigenvalue weighted by molar-refractivity contribution is 9.10. The van der Waals surface area contributed by atoms with Gasteiger partial charge in [-0.15, -0.1) is 0 Å². The van der Waals surface area contributed by atoms with Crippen LogP contribution in [0.3, 0.4) is 0 Å². The lowest BCUT2D eigenvalue weighted by molar-refractivity contribution is 0.0512. The van der Waals surface area contributed by atoms with Gasteiger partial charge in [-0.1, -0.05) is 5.16 Å². The van der Waals surface area contributed by atoms with E-state index in [1.165, 1.54) is 18.2 Å². The number of ether oxygens (including phenoxy) is 1. The van der Waals surface area contributed by atoms with E-state index in [9.17, 15) is 18.0 Å². The quantitative estimate of drug-likeness (QED) is 0.500. The summed E-state index contributed by atoms with van der Waals surface area (Å²) >= 11 is 3.24. The molecule has 0 saturated heterocycles.